The summed E-state index contributed by atoms with van der Waals surface area (Å²) in [5, 5.41) is 11.3. The predicted octanol–water partition coefficient (Wildman–Crippen LogP) is 5.63. The highest BCUT2D eigenvalue weighted by molar-refractivity contribution is 6.46. The van der Waals surface area contributed by atoms with Crippen LogP contribution in [0.3, 0.4) is 0 Å². The number of carbonyl (C=O) groups excluding carboxylic acids is 2. The summed E-state index contributed by atoms with van der Waals surface area (Å²) in [4.78, 5) is 27.9. The average molecular weight is 514 g/mol. The molecule has 1 aromatic heterocycles. The van der Waals surface area contributed by atoms with Gasteiger partial charge in [-0.2, -0.15) is 0 Å². The van der Waals surface area contributed by atoms with Crippen molar-refractivity contribution in [3.8, 4) is 11.5 Å². The molecule has 1 atom stereocenters. The number of ketones is 1. The summed E-state index contributed by atoms with van der Waals surface area (Å²) in [6.45, 7) is 0.297. The van der Waals surface area contributed by atoms with E-state index in [4.69, 9.17) is 13.9 Å². The molecule has 5 rings (SSSR count). The first kappa shape index (κ1) is 24.8. The van der Waals surface area contributed by atoms with E-state index < -0.39 is 29.3 Å². The minimum atomic E-state index is -0.992. The van der Waals surface area contributed by atoms with Crippen LogP contribution in [0.15, 0.2) is 101 Å². The fourth-order valence-corrected chi connectivity index (χ4v) is 4.49. The second-order valence-electron chi connectivity index (χ2n) is 8.70. The number of hydrogen-bond acceptors (Lipinski definition) is 6. The Balaban J connectivity index is 1.60. The fraction of sp³-hybridized carbons (Fsp3) is 0.133. The number of aliphatic hydroxyl groups excluding tert-OH is 1. The van der Waals surface area contributed by atoms with Crippen molar-refractivity contribution < 1.29 is 33.0 Å². The molecule has 0 saturated carbocycles. The maximum Gasteiger partial charge on any atom is 0.296 e. The van der Waals surface area contributed by atoms with Crippen molar-refractivity contribution in [2.45, 2.75) is 19.2 Å². The molecule has 1 N–H and O–H groups in total. The summed E-state index contributed by atoms with van der Waals surface area (Å²) in [5.41, 5.74) is 1.27. The third kappa shape index (κ3) is 4.88. The Hall–Kier alpha value is -4.85. The van der Waals surface area contributed by atoms with Crippen LogP contribution < -0.4 is 9.47 Å². The van der Waals surface area contributed by atoms with E-state index in [-0.39, 0.29) is 23.4 Å². The molecule has 1 saturated heterocycles. The number of benzene rings is 3. The largest absolute Gasteiger partial charge is 0.507 e. The van der Waals surface area contributed by atoms with Gasteiger partial charge in [0.2, 0.25) is 0 Å². The predicted molar refractivity (Wildman–Crippen MR) is 137 cm³/mol. The molecule has 0 bridgehead atoms. The van der Waals surface area contributed by atoms with E-state index in [1.165, 1.54) is 30.4 Å². The zero-order chi connectivity index (χ0) is 26.6. The van der Waals surface area contributed by atoms with Crippen molar-refractivity contribution in [3.05, 3.63) is 125 Å². The summed E-state index contributed by atoms with van der Waals surface area (Å²) in [7, 11) is 1.37. The van der Waals surface area contributed by atoms with Gasteiger partial charge < -0.3 is 23.9 Å². The summed E-state index contributed by atoms with van der Waals surface area (Å²) in [6.07, 6.45) is 1.47. The van der Waals surface area contributed by atoms with E-state index in [2.05, 4.69) is 0 Å². The smallest absolute Gasteiger partial charge is 0.296 e. The first-order valence-corrected chi connectivity index (χ1v) is 11.9. The number of amides is 1. The second-order valence-corrected chi connectivity index (χ2v) is 8.70. The Kier molecular flexibility index (Phi) is 6.95. The van der Waals surface area contributed by atoms with E-state index in [1.54, 1.807) is 36.4 Å². The molecule has 4 aromatic rings. The lowest BCUT2D eigenvalue weighted by Crippen LogP contribution is -2.29. The molecule has 0 aliphatic carbocycles. The Morgan fingerprint density at radius 1 is 1.00 bits per heavy atom. The summed E-state index contributed by atoms with van der Waals surface area (Å²) in [6, 6.07) is 22.5. The van der Waals surface area contributed by atoms with Crippen molar-refractivity contribution >= 4 is 17.4 Å². The number of likely N-dealkylation sites (tertiary alicyclic amines) is 1. The Morgan fingerprint density at radius 2 is 1.82 bits per heavy atom. The Labute approximate surface area is 218 Å². The van der Waals surface area contributed by atoms with Crippen LogP contribution in [0.2, 0.25) is 0 Å². The number of furan rings is 1. The molecule has 8 heteroatoms. The topological polar surface area (TPSA) is 89.2 Å². The third-order valence-corrected chi connectivity index (χ3v) is 6.29. The SMILES string of the molecule is COc1ccc(F)cc1/C(O)=C1\C(=O)C(=O)N(Cc2ccco2)C1c1cccc(OCc2ccccc2)c1. The number of Topliss-reactive ketones (excluding diaryl/α,β-unsaturated/α-hetero) is 1. The molecule has 3 aromatic carbocycles. The number of aliphatic hydroxyl groups is 1. The fourth-order valence-electron chi connectivity index (χ4n) is 4.49. The van der Waals surface area contributed by atoms with Crippen LogP contribution in [0, 0.1) is 5.82 Å². The quantitative estimate of drug-likeness (QED) is 0.187. The van der Waals surface area contributed by atoms with Crippen LogP contribution >= 0.6 is 0 Å². The first-order valence-electron chi connectivity index (χ1n) is 11.9. The number of rotatable bonds is 8. The standard InChI is InChI=1S/C30H24FNO6/c1-36-25-13-12-21(31)16-24(25)28(33)26-27(32(30(35)29(26)34)17-23-11-6-14-37-23)20-9-5-10-22(15-20)38-18-19-7-3-2-4-8-19/h2-16,27,33H,17-18H2,1H3/b28-26+. The second kappa shape index (κ2) is 10.6. The van der Waals surface area contributed by atoms with Gasteiger partial charge >= 0.3 is 0 Å². The summed E-state index contributed by atoms with van der Waals surface area (Å²) >= 11 is 0. The minimum absolute atomic E-state index is 0.0194. The van der Waals surface area contributed by atoms with E-state index in [0.29, 0.717) is 23.7 Å². The van der Waals surface area contributed by atoms with Gasteiger partial charge in [-0.15, -0.1) is 0 Å². The van der Waals surface area contributed by atoms with E-state index in [9.17, 15) is 19.1 Å². The van der Waals surface area contributed by atoms with Crippen molar-refractivity contribution in [1.29, 1.82) is 0 Å². The van der Waals surface area contributed by atoms with Crippen LogP contribution in [0.25, 0.3) is 5.76 Å². The molecule has 1 aliphatic heterocycles. The molecule has 1 unspecified atom stereocenters. The zero-order valence-electron chi connectivity index (χ0n) is 20.5. The van der Waals surface area contributed by atoms with Crippen molar-refractivity contribution in [2.75, 3.05) is 7.11 Å². The van der Waals surface area contributed by atoms with Crippen LogP contribution in [0.4, 0.5) is 4.39 Å². The molecule has 7 nitrogen and oxygen atoms in total. The molecule has 1 aliphatic rings. The molecular formula is C30H24FNO6. The van der Waals surface area contributed by atoms with Crippen molar-refractivity contribution in [2.24, 2.45) is 0 Å². The molecule has 1 amide bonds. The third-order valence-electron chi connectivity index (χ3n) is 6.29. The highest BCUT2D eigenvalue weighted by atomic mass is 19.1. The number of methoxy groups -OCH3 is 1. The van der Waals surface area contributed by atoms with Gasteiger partial charge in [0, 0.05) is 0 Å². The lowest BCUT2D eigenvalue weighted by molar-refractivity contribution is -0.140. The summed E-state index contributed by atoms with van der Waals surface area (Å²) < 4.78 is 30.8. The van der Waals surface area contributed by atoms with Gasteiger partial charge in [0.25, 0.3) is 11.7 Å². The first-order chi connectivity index (χ1) is 18.5. The number of halogens is 1. The summed E-state index contributed by atoms with van der Waals surface area (Å²) in [5.74, 6) is -1.78. The molecule has 0 spiro atoms. The highest BCUT2D eigenvalue weighted by Crippen LogP contribution is 2.42. The van der Waals surface area contributed by atoms with Crippen molar-refractivity contribution in [3.63, 3.8) is 0 Å². The van der Waals surface area contributed by atoms with Crippen LogP contribution in [0.5, 0.6) is 11.5 Å². The molecule has 1 fully saturated rings. The van der Waals surface area contributed by atoms with Crippen LogP contribution in [-0.2, 0) is 22.7 Å². The lowest BCUT2D eigenvalue weighted by Gasteiger charge is -2.25. The van der Waals surface area contributed by atoms with Crippen molar-refractivity contribution in [1.82, 2.24) is 4.90 Å². The van der Waals surface area contributed by atoms with Gasteiger partial charge in [-0.3, -0.25) is 9.59 Å². The zero-order valence-corrected chi connectivity index (χ0v) is 20.5. The van der Waals surface area contributed by atoms with Crippen LogP contribution in [-0.4, -0.2) is 28.8 Å². The maximum absolute atomic E-state index is 14.2. The van der Waals surface area contributed by atoms with E-state index >= 15 is 0 Å². The average Bonchev–Trinajstić information content (AvgIpc) is 3.54. The number of ether oxygens (including phenoxy) is 2. The van der Waals surface area contributed by atoms with Gasteiger partial charge in [0.15, 0.2) is 0 Å². The van der Waals surface area contributed by atoms with Gasteiger partial charge in [-0.1, -0.05) is 42.5 Å². The Morgan fingerprint density at radius 3 is 2.55 bits per heavy atom. The molecular weight excluding hydrogens is 489 g/mol. The number of hydrogen-bond donors (Lipinski definition) is 1. The van der Waals surface area contributed by atoms with Gasteiger partial charge in [-0.05, 0) is 53.6 Å². The van der Waals surface area contributed by atoms with Gasteiger partial charge in [0.05, 0.1) is 37.1 Å². The number of nitrogens with zero attached hydrogens (tertiary/aromatic N) is 1. The van der Waals surface area contributed by atoms with Crippen LogP contribution in [0.1, 0.15) is 28.5 Å². The Bertz CT molecular complexity index is 1500. The highest BCUT2D eigenvalue weighted by Gasteiger charge is 2.46. The molecule has 2 heterocycles. The molecule has 38 heavy (non-hydrogen) atoms. The maximum atomic E-state index is 14.2. The minimum Gasteiger partial charge on any atom is -0.507 e. The molecule has 192 valence electrons. The van der Waals surface area contributed by atoms with E-state index in [1.807, 2.05) is 30.3 Å². The normalized spacial score (nSPS) is 16.6. The van der Waals surface area contributed by atoms with E-state index in [0.717, 1.165) is 11.6 Å². The lowest BCUT2D eigenvalue weighted by atomic mass is 9.94. The van der Waals surface area contributed by atoms with Gasteiger partial charge in [0.1, 0.15) is 35.4 Å². The molecule has 0 radical (unpaired) electrons. The monoisotopic (exact) mass is 513 g/mol. The van der Waals surface area contributed by atoms with Gasteiger partial charge in [-0.25, -0.2) is 4.39 Å². The number of carbonyl (C=O) groups is 2.